The largest absolute Gasteiger partial charge is 0.294 e. The second-order valence-electron chi connectivity index (χ2n) is 4.81. The normalized spacial score (nSPS) is 10.7. The second-order valence-corrected chi connectivity index (χ2v) is 6.23. The van der Waals surface area contributed by atoms with Gasteiger partial charge in [0.05, 0.1) is 4.90 Å². The molecular weight excluding hydrogens is 286 g/mol. The average molecular weight is 307 g/mol. The van der Waals surface area contributed by atoms with Gasteiger partial charge in [0, 0.05) is 11.9 Å². The van der Waals surface area contributed by atoms with Crippen molar-refractivity contribution in [2.45, 2.75) is 38.5 Å². The van der Waals surface area contributed by atoms with Crippen molar-refractivity contribution in [3.8, 4) is 0 Å². The van der Waals surface area contributed by atoms with Gasteiger partial charge in [-0.15, -0.1) is 0 Å². The first kappa shape index (κ1) is 17.3. The summed E-state index contributed by atoms with van der Waals surface area (Å²) in [7, 11) is -4.02. The molecule has 21 heavy (non-hydrogen) atoms. The summed E-state index contributed by atoms with van der Waals surface area (Å²) in [5.74, 6) is 0. The van der Waals surface area contributed by atoms with Gasteiger partial charge in [0.1, 0.15) is 0 Å². The summed E-state index contributed by atoms with van der Waals surface area (Å²) < 4.78 is 29.6. The molecule has 0 aliphatic carbocycles. The molecule has 0 atom stereocenters. The van der Waals surface area contributed by atoms with Crippen molar-refractivity contribution in [3.63, 3.8) is 0 Å². The lowest BCUT2D eigenvalue weighted by molar-refractivity contribution is 0.483. The Balaban J connectivity index is 0.000000211. The summed E-state index contributed by atoms with van der Waals surface area (Å²) in [5, 5.41) is 0. The number of hydrogen-bond acceptors (Lipinski definition) is 3. The van der Waals surface area contributed by atoms with E-state index in [9.17, 15) is 8.42 Å². The lowest BCUT2D eigenvalue weighted by Gasteiger charge is -1.99. The van der Waals surface area contributed by atoms with E-state index in [0.29, 0.717) is 0 Å². The average Bonchev–Trinajstić information content (AvgIpc) is 2.42. The van der Waals surface area contributed by atoms with Crippen molar-refractivity contribution >= 4 is 10.1 Å². The Hall–Kier alpha value is -1.72. The highest BCUT2D eigenvalue weighted by atomic mass is 32.2. The van der Waals surface area contributed by atoms with Gasteiger partial charge in [-0.1, -0.05) is 37.1 Å². The predicted molar refractivity (Wildman–Crippen MR) is 84.0 cm³/mol. The molecule has 2 aromatic rings. The van der Waals surface area contributed by atoms with E-state index in [0.717, 1.165) is 12.0 Å². The lowest BCUT2D eigenvalue weighted by atomic mass is 10.1. The fourth-order valence-corrected chi connectivity index (χ4v) is 2.21. The van der Waals surface area contributed by atoms with E-state index in [1.165, 1.54) is 29.8 Å². The van der Waals surface area contributed by atoms with Crippen LogP contribution in [0.25, 0.3) is 0 Å². The number of rotatable bonds is 3. The molecule has 1 heterocycles. The van der Waals surface area contributed by atoms with Gasteiger partial charge in [0.25, 0.3) is 10.1 Å². The first-order valence-electron chi connectivity index (χ1n) is 6.79. The third kappa shape index (κ3) is 6.06. The quantitative estimate of drug-likeness (QED) is 0.880. The Morgan fingerprint density at radius 2 is 1.71 bits per heavy atom. The molecule has 4 nitrogen and oxygen atoms in total. The first-order valence-corrected chi connectivity index (χ1v) is 8.23. The summed E-state index contributed by atoms with van der Waals surface area (Å²) >= 11 is 0. The van der Waals surface area contributed by atoms with Gasteiger partial charge in [-0.2, -0.15) is 8.42 Å². The molecule has 1 aromatic carbocycles. The maximum atomic E-state index is 10.5. The van der Waals surface area contributed by atoms with Crippen LogP contribution in [-0.4, -0.2) is 18.0 Å². The molecule has 0 unspecified atom stereocenters. The fraction of sp³-hybridized carbons (Fsp3) is 0.312. The minimum atomic E-state index is -4.02. The summed E-state index contributed by atoms with van der Waals surface area (Å²) in [5.41, 5.74) is 3.51. The van der Waals surface area contributed by atoms with Crippen LogP contribution in [0.4, 0.5) is 0 Å². The maximum Gasteiger partial charge on any atom is 0.294 e. The van der Waals surface area contributed by atoms with Gasteiger partial charge in [0.2, 0.25) is 0 Å². The molecule has 0 amide bonds. The third-order valence-corrected chi connectivity index (χ3v) is 3.79. The van der Waals surface area contributed by atoms with E-state index in [-0.39, 0.29) is 4.90 Å². The molecule has 2 rings (SSSR count). The Morgan fingerprint density at radius 1 is 1.10 bits per heavy atom. The molecule has 0 saturated heterocycles. The highest BCUT2D eigenvalue weighted by molar-refractivity contribution is 7.85. The topological polar surface area (TPSA) is 67.3 Å². The van der Waals surface area contributed by atoms with Crippen LogP contribution in [0.5, 0.6) is 0 Å². The lowest BCUT2D eigenvalue weighted by Crippen LogP contribution is -1.96. The van der Waals surface area contributed by atoms with Crippen LogP contribution in [0.1, 0.15) is 30.2 Å². The summed E-state index contributed by atoms with van der Waals surface area (Å²) in [6.45, 7) is 6.12. The third-order valence-electron chi connectivity index (χ3n) is 2.92. The Labute approximate surface area is 126 Å². The van der Waals surface area contributed by atoms with Crippen molar-refractivity contribution in [2.24, 2.45) is 0 Å². The van der Waals surface area contributed by atoms with E-state index in [2.05, 4.69) is 24.9 Å². The Morgan fingerprint density at radius 3 is 2.19 bits per heavy atom. The molecule has 114 valence electrons. The van der Waals surface area contributed by atoms with Gasteiger partial charge in [-0.05, 0) is 44.0 Å². The van der Waals surface area contributed by atoms with Gasteiger partial charge < -0.3 is 0 Å². The molecular formula is C16H21NO3S. The molecule has 0 bridgehead atoms. The Kier molecular flexibility index (Phi) is 6.52. The molecule has 0 aliphatic rings. The summed E-state index contributed by atoms with van der Waals surface area (Å²) in [6.07, 6.45) is 4.14. The number of aromatic nitrogens is 1. The van der Waals surface area contributed by atoms with Crippen molar-refractivity contribution < 1.29 is 13.0 Å². The van der Waals surface area contributed by atoms with E-state index < -0.39 is 10.1 Å². The van der Waals surface area contributed by atoms with E-state index >= 15 is 0 Å². The number of aryl methyl sites for hydroxylation is 3. The zero-order chi connectivity index (χ0) is 15.9. The molecule has 0 spiro atoms. The minimum Gasteiger partial charge on any atom is -0.282 e. The van der Waals surface area contributed by atoms with Crippen molar-refractivity contribution in [2.75, 3.05) is 0 Å². The maximum absolute atomic E-state index is 10.5. The molecule has 1 N–H and O–H groups in total. The number of hydrogen-bond donors (Lipinski definition) is 1. The van der Waals surface area contributed by atoms with Crippen LogP contribution >= 0.6 is 0 Å². The number of nitrogens with zero attached hydrogens (tertiary/aromatic N) is 1. The van der Waals surface area contributed by atoms with Crippen LogP contribution in [0, 0.1) is 13.8 Å². The summed E-state index contributed by atoms with van der Waals surface area (Å²) in [4.78, 5) is 4.20. The van der Waals surface area contributed by atoms with Gasteiger partial charge in [-0.3, -0.25) is 9.54 Å². The first-order chi connectivity index (χ1) is 9.84. The van der Waals surface area contributed by atoms with E-state index in [1.807, 2.05) is 19.2 Å². The molecule has 0 fully saturated rings. The Bertz CT molecular complexity index is 664. The van der Waals surface area contributed by atoms with Crippen LogP contribution in [0.2, 0.25) is 0 Å². The molecule has 1 aromatic heterocycles. The van der Waals surface area contributed by atoms with Crippen molar-refractivity contribution in [1.82, 2.24) is 4.98 Å². The van der Waals surface area contributed by atoms with Crippen LogP contribution in [-0.2, 0) is 16.5 Å². The number of pyridine rings is 1. The highest BCUT2D eigenvalue weighted by Gasteiger charge is 2.06. The molecule has 0 aliphatic heterocycles. The van der Waals surface area contributed by atoms with Gasteiger partial charge in [0.15, 0.2) is 0 Å². The van der Waals surface area contributed by atoms with Crippen molar-refractivity contribution in [3.05, 3.63) is 59.4 Å². The standard InChI is InChI=1S/C9H13N.C7H8O3S/c1-3-5-9-8(2)6-4-7-10-9;1-6-2-4-7(5-3-6)11(8,9)10/h4,6-7H,3,5H2,1-2H3;2-5H,1H3,(H,8,9,10). The van der Waals surface area contributed by atoms with Crippen LogP contribution in [0.3, 0.4) is 0 Å². The molecule has 0 radical (unpaired) electrons. The van der Waals surface area contributed by atoms with Gasteiger partial charge in [-0.25, -0.2) is 0 Å². The SMILES string of the molecule is CCCc1ncccc1C.Cc1ccc(S(=O)(=O)O)cc1. The minimum absolute atomic E-state index is 0.0666. The van der Waals surface area contributed by atoms with E-state index in [4.69, 9.17) is 4.55 Å². The smallest absolute Gasteiger partial charge is 0.282 e. The summed E-state index contributed by atoms with van der Waals surface area (Å²) in [6, 6.07) is 10.1. The highest BCUT2D eigenvalue weighted by Crippen LogP contribution is 2.08. The van der Waals surface area contributed by atoms with Crippen LogP contribution < -0.4 is 0 Å². The fourth-order valence-electron chi connectivity index (χ4n) is 1.73. The number of benzene rings is 1. The van der Waals surface area contributed by atoms with Crippen molar-refractivity contribution in [1.29, 1.82) is 0 Å². The monoisotopic (exact) mass is 307 g/mol. The van der Waals surface area contributed by atoms with E-state index in [1.54, 1.807) is 12.1 Å². The molecule has 5 heteroatoms. The zero-order valence-electron chi connectivity index (χ0n) is 12.6. The second kappa shape index (κ2) is 7.90. The predicted octanol–water partition coefficient (Wildman–Crippen LogP) is 3.58. The van der Waals surface area contributed by atoms with Crippen LogP contribution in [0.15, 0.2) is 47.5 Å². The molecule has 0 saturated carbocycles. The zero-order valence-corrected chi connectivity index (χ0v) is 13.4. The van der Waals surface area contributed by atoms with Gasteiger partial charge >= 0.3 is 0 Å².